The van der Waals surface area contributed by atoms with E-state index in [0.29, 0.717) is 0 Å². The molecule has 1 amide bonds. The average molecular weight is 246 g/mol. The van der Waals surface area contributed by atoms with Gasteiger partial charge in [0.2, 0.25) is 0 Å². The van der Waals surface area contributed by atoms with E-state index < -0.39 is 24.0 Å². The first kappa shape index (κ1) is 12.8. The summed E-state index contributed by atoms with van der Waals surface area (Å²) < 4.78 is 27.7. The Hall–Kier alpha value is -2.25. The molecule has 0 bridgehead atoms. The Kier molecular flexibility index (Phi) is 4.32. The van der Waals surface area contributed by atoms with E-state index in [-0.39, 0.29) is 11.4 Å². The van der Waals surface area contributed by atoms with Gasteiger partial charge in [-0.15, -0.1) is 0 Å². The molecule has 0 aliphatic carbocycles. The van der Waals surface area contributed by atoms with Crippen LogP contribution in [-0.4, -0.2) is 24.0 Å². The molecule has 0 saturated carbocycles. The van der Waals surface area contributed by atoms with Gasteiger partial charge in [0.05, 0.1) is 0 Å². The largest absolute Gasteiger partial charge is 0.435 e. The number of hydrogen-bond acceptors (Lipinski definition) is 4. The van der Waals surface area contributed by atoms with Crippen LogP contribution in [0, 0.1) is 10.1 Å². The summed E-state index contributed by atoms with van der Waals surface area (Å²) in [6, 6.07) is 5.03. The highest BCUT2D eigenvalue weighted by Crippen LogP contribution is 2.17. The molecule has 1 rings (SSSR count). The van der Waals surface area contributed by atoms with Crippen LogP contribution in [-0.2, 0) is 4.79 Å². The minimum atomic E-state index is -2.93. The van der Waals surface area contributed by atoms with E-state index in [1.807, 2.05) is 0 Å². The van der Waals surface area contributed by atoms with Crippen molar-refractivity contribution in [2.24, 2.45) is 0 Å². The molecule has 0 spiro atoms. The number of benzene rings is 1. The summed E-state index contributed by atoms with van der Waals surface area (Å²) in [5.74, 6) is -0.857. The van der Waals surface area contributed by atoms with Crippen molar-refractivity contribution in [2.75, 3.05) is 11.9 Å². The summed E-state index contributed by atoms with van der Waals surface area (Å²) in [4.78, 5) is 20.2. The van der Waals surface area contributed by atoms with Crippen molar-refractivity contribution in [1.82, 2.24) is 0 Å². The lowest BCUT2D eigenvalue weighted by atomic mass is 10.3. The standard InChI is InChI=1S/C9H8F2N2O4/c10-9(11)17-7-3-1-6(2-4-7)12-8(14)5-13(15)16/h1-4,9H,5H2,(H,12,14). The van der Waals surface area contributed by atoms with Gasteiger partial charge in [-0.1, -0.05) is 0 Å². The maximum absolute atomic E-state index is 11.8. The van der Waals surface area contributed by atoms with Crippen molar-refractivity contribution in [3.63, 3.8) is 0 Å². The molecule has 0 aromatic heterocycles. The third-order valence-corrected chi connectivity index (χ3v) is 1.64. The number of halogens is 2. The molecular formula is C9H8F2N2O4. The van der Waals surface area contributed by atoms with E-state index in [9.17, 15) is 23.7 Å². The van der Waals surface area contributed by atoms with Gasteiger partial charge in [0.25, 0.3) is 12.5 Å². The zero-order valence-corrected chi connectivity index (χ0v) is 8.43. The molecule has 1 N–H and O–H groups in total. The minimum Gasteiger partial charge on any atom is -0.435 e. The topological polar surface area (TPSA) is 81.5 Å². The van der Waals surface area contributed by atoms with Crippen molar-refractivity contribution in [1.29, 1.82) is 0 Å². The van der Waals surface area contributed by atoms with Crippen molar-refractivity contribution in [3.05, 3.63) is 34.4 Å². The lowest BCUT2D eigenvalue weighted by Crippen LogP contribution is -2.21. The predicted octanol–water partition coefficient (Wildman–Crippen LogP) is 1.50. The van der Waals surface area contributed by atoms with E-state index >= 15 is 0 Å². The number of alkyl halides is 2. The maximum Gasteiger partial charge on any atom is 0.387 e. The number of nitrogens with one attached hydrogen (secondary N) is 1. The van der Waals surface area contributed by atoms with Crippen LogP contribution in [0.2, 0.25) is 0 Å². The Balaban J connectivity index is 2.56. The van der Waals surface area contributed by atoms with Gasteiger partial charge in [0, 0.05) is 10.6 Å². The highest BCUT2D eigenvalue weighted by atomic mass is 19.3. The van der Waals surface area contributed by atoms with E-state index in [4.69, 9.17) is 0 Å². The lowest BCUT2D eigenvalue weighted by Gasteiger charge is -2.06. The van der Waals surface area contributed by atoms with Gasteiger partial charge in [0.1, 0.15) is 5.75 Å². The Bertz CT molecular complexity index is 408. The smallest absolute Gasteiger partial charge is 0.387 e. The molecule has 8 heteroatoms. The molecule has 6 nitrogen and oxygen atoms in total. The van der Waals surface area contributed by atoms with Crippen LogP contribution in [0.4, 0.5) is 14.5 Å². The third kappa shape index (κ3) is 4.87. The number of anilines is 1. The second-order valence-electron chi connectivity index (χ2n) is 2.94. The molecular weight excluding hydrogens is 238 g/mol. The third-order valence-electron chi connectivity index (χ3n) is 1.64. The van der Waals surface area contributed by atoms with E-state index in [1.165, 1.54) is 24.3 Å². The van der Waals surface area contributed by atoms with Crippen molar-refractivity contribution in [3.8, 4) is 5.75 Å². The molecule has 0 aliphatic heterocycles. The second kappa shape index (κ2) is 5.73. The summed E-state index contributed by atoms with van der Waals surface area (Å²) in [5.41, 5.74) is 0.262. The number of carbonyl (C=O) groups excluding carboxylic acids is 1. The Labute approximate surface area is 94.3 Å². The molecule has 92 valence electrons. The number of amides is 1. The number of ether oxygens (including phenoxy) is 1. The molecule has 1 aromatic rings. The minimum absolute atomic E-state index is 0.0627. The lowest BCUT2D eigenvalue weighted by molar-refractivity contribution is -0.467. The highest BCUT2D eigenvalue weighted by molar-refractivity contribution is 5.91. The zero-order valence-electron chi connectivity index (χ0n) is 8.43. The van der Waals surface area contributed by atoms with Gasteiger partial charge in [-0.3, -0.25) is 14.9 Å². The van der Waals surface area contributed by atoms with E-state index in [0.717, 1.165) is 0 Å². The fourth-order valence-electron chi connectivity index (χ4n) is 1.04. The van der Waals surface area contributed by atoms with Gasteiger partial charge in [-0.05, 0) is 24.3 Å². The monoisotopic (exact) mass is 246 g/mol. The summed E-state index contributed by atoms with van der Waals surface area (Å²) in [6.45, 7) is -3.78. The van der Waals surface area contributed by atoms with Crippen molar-refractivity contribution in [2.45, 2.75) is 6.61 Å². The Morgan fingerprint density at radius 2 is 2.00 bits per heavy atom. The quantitative estimate of drug-likeness (QED) is 0.630. The Morgan fingerprint density at radius 3 is 2.47 bits per heavy atom. The number of hydrogen-bond donors (Lipinski definition) is 1. The fraction of sp³-hybridized carbons (Fsp3) is 0.222. The molecule has 0 unspecified atom stereocenters. The second-order valence-corrected chi connectivity index (χ2v) is 2.94. The van der Waals surface area contributed by atoms with Gasteiger partial charge < -0.3 is 10.1 Å². The summed E-state index contributed by atoms with van der Waals surface area (Å²) >= 11 is 0. The van der Waals surface area contributed by atoms with Crippen LogP contribution >= 0.6 is 0 Å². The SMILES string of the molecule is O=C(C[N+](=O)[O-])Nc1ccc(OC(F)F)cc1. The maximum atomic E-state index is 11.8. The molecule has 0 atom stereocenters. The summed E-state index contributed by atoms with van der Waals surface area (Å²) in [5, 5.41) is 12.2. The first-order valence-electron chi connectivity index (χ1n) is 4.44. The van der Waals surface area contributed by atoms with Crippen LogP contribution in [0.1, 0.15) is 0 Å². The van der Waals surface area contributed by atoms with Gasteiger partial charge in [-0.25, -0.2) is 0 Å². The molecule has 1 aromatic carbocycles. The van der Waals surface area contributed by atoms with Gasteiger partial charge in [0.15, 0.2) is 0 Å². The number of carbonyl (C=O) groups is 1. The van der Waals surface area contributed by atoms with E-state index in [2.05, 4.69) is 10.1 Å². The fourth-order valence-corrected chi connectivity index (χ4v) is 1.04. The number of nitro groups is 1. The first-order chi connectivity index (χ1) is 7.97. The summed E-state index contributed by atoms with van der Waals surface area (Å²) in [6.07, 6.45) is 0. The zero-order chi connectivity index (χ0) is 12.8. The first-order valence-corrected chi connectivity index (χ1v) is 4.44. The molecule has 0 radical (unpaired) electrons. The molecule has 17 heavy (non-hydrogen) atoms. The average Bonchev–Trinajstić information content (AvgIpc) is 2.18. The van der Waals surface area contributed by atoms with Crippen LogP contribution in [0.25, 0.3) is 0 Å². The normalized spacial score (nSPS) is 10.1. The van der Waals surface area contributed by atoms with Crippen LogP contribution < -0.4 is 10.1 Å². The van der Waals surface area contributed by atoms with Crippen LogP contribution in [0.5, 0.6) is 5.75 Å². The molecule has 0 aliphatic rings. The van der Waals surface area contributed by atoms with Crippen LogP contribution in [0.15, 0.2) is 24.3 Å². The van der Waals surface area contributed by atoms with Crippen molar-refractivity contribution >= 4 is 11.6 Å². The van der Waals surface area contributed by atoms with Gasteiger partial charge in [-0.2, -0.15) is 8.78 Å². The summed E-state index contributed by atoms with van der Waals surface area (Å²) in [7, 11) is 0. The molecule has 0 saturated heterocycles. The molecule has 0 heterocycles. The highest BCUT2D eigenvalue weighted by Gasteiger charge is 2.09. The van der Waals surface area contributed by atoms with Gasteiger partial charge >= 0.3 is 6.61 Å². The number of nitrogens with zero attached hydrogens (tertiary/aromatic N) is 1. The van der Waals surface area contributed by atoms with Crippen LogP contribution in [0.3, 0.4) is 0 Å². The predicted molar refractivity (Wildman–Crippen MR) is 53.6 cm³/mol. The molecule has 0 fully saturated rings. The van der Waals surface area contributed by atoms with E-state index in [1.54, 1.807) is 0 Å². The van der Waals surface area contributed by atoms with Crippen molar-refractivity contribution < 1.29 is 23.2 Å². The Morgan fingerprint density at radius 1 is 1.41 bits per heavy atom. The number of rotatable bonds is 5.